The van der Waals surface area contributed by atoms with Crippen LogP contribution in [0.2, 0.25) is 0 Å². The van der Waals surface area contributed by atoms with Gasteiger partial charge < -0.3 is 31.8 Å². The van der Waals surface area contributed by atoms with E-state index in [4.69, 9.17) is 5.73 Å². The molecular weight excluding hydrogens is 480 g/mol. The van der Waals surface area contributed by atoms with Gasteiger partial charge in [-0.3, -0.25) is 14.4 Å². The lowest BCUT2D eigenvalue weighted by Crippen LogP contribution is -2.58. The van der Waals surface area contributed by atoms with E-state index in [1.165, 1.54) is 12.5 Å². The lowest BCUT2D eigenvalue weighted by Gasteiger charge is -2.24. The number of H-pyrrole nitrogens is 1. The summed E-state index contributed by atoms with van der Waals surface area (Å²) in [7, 11) is 0. The Labute approximate surface area is 207 Å². The Bertz CT molecular complexity index is 960. The van der Waals surface area contributed by atoms with Crippen molar-refractivity contribution in [1.29, 1.82) is 0 Å². The maximum atomic E-state index is 13.1. The first-order chi connectivity index (χ1) is 16.2. The van der Waals surface area contributed by atoms with E-state index < -0.39 is 47.9 Å². The van der Waals surface area contributed by atoms with E-state index in [-0.39, 0.29) is 24.3 Å². The molecule has 4 atom stereocenters. The van der Waals surface area contributed by atoms with Crippen LogP contribution in [0.1, 0.15) is 11.3 Å². The fraction of sp³-hybridized carbons (Fsp3) is 0.381. The van der Waals surface area contributed by atoms with Crippen molar-refractivity contribution in [2.75, 3.05) is 11.5 Å². The Morgan fingerprint density at radius 3 is 2.09 bits per heavy atom. The molecule has 11 nitrogen and oxygen atoms in total. The van der Waals surface area contributed by atoms with Crippen molar-refractivity contribution in [3.05, 3.63) is 54.1 Å². The van der Waals surface area contributed by atoms with E-state index in [1.54, 1.807) is 30.3 Å². The number of benzene rings is 1. The summed E-state index contributed by atoms with van der Waals surface area (Å²) in [6.45, 7) is 0. The lowest BCUT2D eigenvalue weighted by atomic mass is 10.0. The van der Waals surface area contributed by atoms with Crippen molar-refractivity contribution in [2.45, 2.75) is 37.0 Å². The fourth-order valence-corrected chi connectivity index (χ4v) is 3.40. The zero-order valence-electron chi connectivity index (χ0n) is 18.2. The van der Waals surface area contributed by atoms with Crippen molar-refractivity contribution in [1.82, 2.24) is 25.9 Å². The van der Waals surface area contributed by atoms with Crippen molar-refractivity contribution in [2.24, 2.45) is 5.73 Å². The van der Waals surface area contributed by atoms with Gasteiger partial charge in [-0.1, -0.05) is 30.3 Å². The van der Waals surface area contributed by atoms with Crippen molar-refractivity contribution < 1.29 is 24.3 Å². The van der Waals surface area contributed by atoms with Gasteiger partial charge in [0.1, 0.15) is 18.1 Å². The molecule has 1 heterocycles. The molecular formula is C21H28N6O5S2. The predicted molar refractivity (Wildman–Crippen MR) is 132 cm³/mol. The van der Waals surface area contributed by atoms with Crippen LogP contribution in [0.25, 0.3) is 0 Å². The first-order valence-electron chi connectivity index (χ1n) is 10.4. The molecule has 0 bridgehead atoms. The number of aromatic nitrogens is 2. The zero-order chi connectivity index (χ0) is 25.1. The highest BCUT2D eigenvalue weighted by Crippen LogP contribution is 2.06. The number of aliphatic carboxylic acids is 1. The van der Waals surface area contributed by atoms with E-state index >= 15 is 0 Å². The Morgan fingerprint density at radius 1 is 0.912 bits per heavy atom. The van der Waals surface area contributed by atoms with Crippen LogP contribution < -0.4 is 21.7 Å². The zero-order valence-corrected chi connectivity index (χ0v) is 20.0. The van der Waals surface area contributed by atoms with E-state index in [0.29, 0.717) is 5.69 Å². The Kier molecular flexibility index (Phi) is 10.9. The minimum atomic E-state index is -1.25. The number of nitrogens with one attached hydrogen (secondary N) is 4. The minimum Gasteiger partial charge on any atom is -0.480 e. The summed E-state index contributed by atoms with van der Waals surface area (Å²) in [6, 6.07) is 4.56. The highest BCUT2D eigenvalue weighted by Gasteiger charge is 2.30. The van der Waals surface area contributed by atoms with Gasteiger partial charge in [0.15, 0.2) is 0 Å². The van der Waals surface area contributed by atoms with Crippen molar-refractivity contribution in [3.63, 3.8) is 0 Å². The first kappa shape index (κ1) is 27.2. The summed E-state index contributed by atoms with van der Waals surface area (Å²) in [6.07, 6.45) is 2.93. The Balaban J connectivity index is 2.17. The fourth-order valence-electron chi connectivity index (χ4n) is 2.98. The first-order valence-corrected chi connectivity index (χ1v) is 11.6. The average molecular weight is 509 g/mol. The molecule has 0 radical (unpaired) electrons. The molecule has 1 aromatic carbocycles. The predicted octanol–water partition coefficient (Wildman–Crippen LogP) is -1.08. The maximum absolute atomic E-state index is 13.1. The topological polar surface area (TPSA) is 179 Å². The quantitative estimate of drug-likeness (QED) is 0.159. The highest BCUT2D eigenvalue weighted by atomic mass is 32.1. The van der Waals surface area contributed by atoms with Gasteiger partial charge in [0, 0.05) is 36.2 Å². The van der Waals surface area contributed by atoms with Crippen LogP contribution in [0, 0.1) is 0 Å². The molecule has 13 heteroatoms. The number of nitrogens with zero attached hydrogens (tertiary/aromatic N) is 1. The molecule has 7 N–H and O–H groups in total. The monoisotopic (exact) mass is 508 g/mol. The number of rotatable bonds is 13. The normalized spacial score (nSPS) is 14.3. The summed E-state index contributed by atoms with van der Waals surface area (Å²) in [5, 5.41) is 17.1. The van der Waals surface area contributed by atoms with E-state index in [0.717, 1.165) is 5.56 Å². The molecule has 4 unspecified atom stereocenters. The number of thiol groups is 2. The van der Waals surface area contributed by atoms with Crippen molar-refractivity contribution in [3.8, 4) is 0 Å². The summed E-state index contributed by atoms with van der Waals surface area (Å²) in [4.78, 5) is 56.4. The van der Waals surface area contributed by atoms with Crippen LogP contribution in [0.15, 0.2) is 42.9 Å². The third-order valence-corrected chi connectivity index (χ3v) is 5.62. The largest absolute Gasteiger partial charge is 0.480 e. The molecule has 1 aromatic heterocycles. The van der Waals surface area contributed by atoms with Gasteiger partial charge in [0.25, 0.3) is 0 Å². The van der Waals surface area contributed by atoms with Gasteiger partial charge >= 0.3 is 5.97 Å². The molecule has 2 aromatic rings. The molecule has 0 aliphatic carbocycles. The van der Waals surface area contributed by atoms with Crippen LogP contribution in [0.5, 0.6) is 0 Å². The molecule has 3 amide bonds. The third-order valence-electron chi connectivity index (χ3n) is 4.86. The molecule has 0 fully saturated rings. The lowest BCUT2D eigenvalue weighted by molar-refractivity contribution is -0.142. The number of nitrogens with two attached hydrogens (primary N) is 1. The minimum absolute atomic E-state index is 0.0238. The summed E-state index contributed by atoms with van der Waals surface area (Å²) in [5.41, 5.74) is 6.90. The number of carboxylic acid groups (broad SMARTS) is 1. The molecule has 0 aliphatic heterocycles. The van der Waals surface area contributed by atoms with Crippen molar-refractivity contribution >= 4 is 48.9 Å². The van der Waals surface area contributed by atoms with Crippen LogP contribution in [-0.2, 0) is 32.0 Å². The number of amides is 3. The summed E-state index contributed by atoms with van der Waals surface area (Å²) in [5.74, 6) is -3.15. The van der Waals surface area contributed by atoms with Crippen LogP contribution in [0.3, 0.4) is 0 Å². The number of carbonyl (C=O) groups excluding carboxylic acids is 3. The maximum Gasteiger partial charge on any atom is 0.326 e. The van der Waals surface area contributed by atoms with Gasteiger partial charge in [-0.05, 0) is 5.56 Å². The smallest absolute Gasteiger partial charge is 0.326 e. The number of hydrogen-bond donors (Lipinski definition) is 8. The molecule has 184 valence electrons. The molecule has 0 saturated heterocycles. The summed E-state index contributed by atoms with van der Waals surface area (Å²) < 4.78 is 0. The number of carboxylic acids is 1. The number of carbonyl (C=O) groups is 4. The second kappa shape index (κ2) is 13.6. The van der Waals surface area contributed by atoms with Gasteiger partial charge in [0.05, 0.1) is 12.4 Å². The highest BCUT2D eigenvalue weighted by molar-refractivity contribution is 7.80. The van der Waals surface area contributed by atoms with Gasteiger partial charge in [-0.15, -0.1) is 0 Å². The van der Waals surface area contributed by atoms with E-state index in [9.17, 15) is 24.3 Å². The molecule has 34 heavy (non-hydrogen) atoms. The average Bonchev–Trinajstić information content (AvgIpc) is 3.34. The number of hydrogen-bond acceptors (Lipinski definition) is 8. The second-order valence-corrected chi connectivity index (χ2v) is 8.19. The van der Waals surface area contributed by atoms with Gasteiger partial charge in [-0.25, -0.2) is 9.78 Å². The van der Waals surface area contributed by atoms with Crippen LogP contribution in [-0.4, -0.2) is 74.4 Å². The second-order valence-electron chi connectivity index (χ2n) is 7.46. The SMILES string of the molecule is NC(CS)C(=O)NC(CS)C(=O)NC(Cc1ccccc1)C(=O)NC(Cc1cnc[nH]1)C(=O)O. The van der Waals surface area contributed by atoms with E-state index in [2.05, 4.69) is 51.2 Å². The molecule has 0 saturated carbocycles. The molecule has 0 aliphatic rings. The van der Waals surface area contributed by atoms with Crippen LogP contribution >= 0.6 is 25.3 Å². The Morgan fingerprint density at radius 2 is 1.53 bits per heavy atom. The number of imidazole rings is 1. The Hall–Kier alpha value is -3.03. The third kappa shape index (κ3) is 8.39. The summed E-state index contributed by atoms with van der Waals surface area (Å²) >= 11 is 8.07. The standard InChI is InChI=1S/C21H28N6O5S2/c22-14(9-33)18(28)27-17(10-34)20(30)25-15(6-12-4-2-1-3-5-12)19(29)26-16(21(31)32)7-13-8-23-11-24-13/h1-5,8,11,14-17,33-34H,6-7,9-10,22H2,(H,23,24)(H,25,30)(H,26,29)(H,27,28)(H,31,32). The number of aromatic amines is 1. The van der Waals surface area contributed by atoms with Gasteiger partial charge in [0.2, 0.25) is 17.7 Å². The molecule has 0 spiro atoms. The molecule has 2 rings (SSSR count). The van der Waals surface area contributed by atoms with Gasteiger partial charge in [-0.2, -0.15) is 25.3 Å². The van der Waals surface area contributed by atoms with E-state index in [1.807, 2.05) is 0 Å². The van der Waals surface area contributed by atoms with Crippen LogP contribution in [0.4, 0.5) is 0 Å².